The molecular formula is C13H18N4O2S. The standard InChI is InChI=1S/C13H18N4O2S/c14-13-15-10(8-20-13)7-11(18)16-3-5-17(6-4-16)12(19)9-1-2-9/h8-9H,1-7H2,(H2,14,15). The minimum atomic E-state index is 0.0637. The van der Waals surface area contributed by atoms with Crippen LogP contribution in [-0.4, -0.2) is 52.8 Å². The molecule has 1 saturated heterocycles. The Hall–Kier alpha value is -1.63. The predicted octanol–water partition coefficient (Wildman–Crippen LogP) is 0.349. The van der Waals surface area contributed by atoms with Crippen molar-refractivity contribution in [2.75, 3.05) is 31.9 Å². The number of anilines is 1. The third-order valence-corrected chi connectivity index (χ3v) is 4.50. The number of thiazole rings is 1. The van der Waals surface area contributed by atoms with E-state index in [2.05, 4.69) is 4.98 Å². The number of nitrogen functional groups attached to an aromatic ring is 1. The molecule has 1 aromatic rings. The summed E-state index contributed by atoms with van der Waals surface area (Å²) in [5, 5.41) is 2.31. The SMILES string of the molecule is Nc1nc(CC(=O)N2CCN(C(=O)C3CC3)CC2)cs1. The number of aromatic nitrogens is 1. The van der Waals surface area contributed by atoms with Gasteiger partial charge in [0.05, 0.1) is 12.1 Å². The van der Waals surface area contributed by atoms with E-state index in [9.17, 15) is 9.59 Å². The number of nitrogens with two attached hydrogens (primary N) is 1. The molecule has 1 aliphatic heterocycles. The molecule has 0 bridgehead atoms. The van der Waals surface area contributed by atoms with Crippen molar-refractivity contribution in [2.24, 2.45) is 5.92 Å². The van der Waals surface area contributed by atoms with E-state index < -0.39 is 0 Å². The van der Waals surface area contributed by atoms with Crippen LogP contribution in [0, 0.1) is 5.92 Å². The molecule has 2 amide bonds. The minimum absolute atomic E-state index is 0.0637. The normalized spacial score (nSPS) is 19.2. The topological polar surface area (TPSA) is 79.5 Å². The van der Waals surface area contributed by atoms with Crippen molar-refractivity contribution in [3.8, 4) is 0 Å². The monoisotopic (exact) mass is 294 g/mol. The number of amides is 2. The molecule has 0 unspecified atom stereocenters. The van der Waals surface area contributed by atoms with Gasteiger partial charge >= 0.3 is 0 Å². The molecule has 6 nitrogen and oxygen atoms in total. The molecule has 3 rings (SSSR count). The highest BCUT2D eigenvalue weighted by Crippen LogP contribution is 2.31. The molecule has 0 atom stereocenters. The Bertz CT molecular complexity index is 518. The Morgan fingerprint density at radius 1 is 1.25 bits per heavy atom. The van der Waals surface area contributed by atoms with Crippen LogP contribution in [0.2, 0.25) is 0 Å². The molecular weight excluding hydrogens is 276 g/mol. The van der Waals surface area contributed by atoms with Gasteiger partial charge in [0.1, 0.15) is 0 Å². The minimum Gasteiger partial charge on any atom is -0.375 e. The van der Waals surface area contributed by atoms with Crippen LogP contribution >= 0.6 is 11.3 Å². The molecule has 20 heavy (non-hydrogen) atoms. The summed E-state index contributed by atoms with van der Waals surface area (Å²) in [5.41, 5.74) is 6.29. The van der Waals surface area contributed by atoms with E-state index >= 15 is 0 Å². The lowest BCUT2D eigenvalue weighted by Gasteiger charge is -2.34. The highest BCUT2D eigenvalue weighted by Gasteiger charge is 2.35. The zero-order valence-electron chi connectivity index (χ0n) is 11.2. The molecule has 1 aromatic heterocycles. The fourth-order valence-electron chi connectivity index (χ4n) is 2.44. The average Bonchev–Trinajstić information content (AvgIpc) is 3.22. The van der Waals surface area contributed by atoms with Crippen LogP contribution in [0.1, 0.15) is 18.5 Å². The van der Waals surface area contributed by atoms with E-state index in [1.165, 1.54) is 11.3 Å². The number of rotatable bonds is 3. The van der Waals surface area contributed by atoms with Gasteiger partial charge in [-0.15, -0.1) is 11.3 Å². The van der Waals surface area contributed by atoms with Crippen LogP contribution in [0.4, 0.5) is 5.13 Å². The molecule has 0 aromatic carbocycles. The highest BCUT2D eigenvalue weighted by molar-refractivity contribution is 7.13. The second kappa shape index (κ2) is 5.40. The maximum atomic E-state index is 12.1. The van der Waals surface area contributed by atoms with E-state index in [0.29, 0.717) is 37.7 Å². The van der Waals surface area contributed by atoms with Gasteiger partial charge in [0, 0.05) is 37.5 Å². The van der Waals surface area contributed by atoms with Crippen LogP contribution in [0.3, 0.4) is 0 Å². The number of hydrogen-bond acceptors (Lipinski definition) is 5. The molecule has 2 N–H and O–H groups in total. The Labute approximate surface area is 121 Å². The molecule has 0 radical (unpaired) electrons. The summed E-state index contributed by atoms with van der Waals surface area (Å²) in [6.07, 6.45) is 2.36. The zero-order valence-corrected chi connectivity index (χ0v) is 12.1. The van der Waals surface area contributed by atoms with Crippen LogP contribution in [0.25, 0.3) is 0 Å². The van der Waals surface area contributed by atoms with Crippen LogP contribution in [-0.2, 0) is 16.0 Å². The van der Waals surface area contributed by atoms with E-state index in [1.54, 1.807) is 0 Å². The molecule has 2 aliphatic rings. The first-order valence-corrected chi connectivity index (χ1v) is 7.78. The van der Waals surface area contributed by atoms with Gasteiger partial charge < -0.3 is 15.5 Å². The lowest BCUT2D eigenvalue weighted by Crippen LogP contribution is -2.51. The molecule has 1 saturated carbocycles. The first kappa shape index (κ1) is 13.4. The van der Waals surface area contributed by atoms with Gasteiger partial charge in [0.15, 0.2) is 5.13 Å². The lowest BCUT2D eigenvalue weighted by atomic mass is 10.2. The van der Waals surface area contributed by atoms with E-state index in [-0.39, 0.29) is 17.7 Å². The van der Waals surface area contributed by atoms with Crippen molar-refractivity contribution in [3.05, 3.63) is 11.1 Å². The van der Waals surface area contributed by atoms with E-state index in [4.69, 9.17) is 5.73 Å². The molecule has 0 spiro atoms. The summed E-state index contributed by atoms with van der Waals surface area (Å²) in [4.78, 5) is 31.9. The first-order valence-electron chi connectivity index (χ1n) is 6.90. The summed E-state index contributed by atoms with van der Waals surface area (Å²) in [6.45, 7) is 2.55. The molecule has 7 heteroatoms. The van der Waals surface area contributed by atoms with Gasteiger partial charge in [-0.3, -0.25) is 9.59 Å². The second-order valence-corrected chi connectivity index (χ2v) is 6.22. The number of piperazine rings is 1. The van der Waals surface area contributed by atoms with Crippen molar-refractivity contribution < 1.29 is 9.59 Å². The fraction of sp³-hybridized carbons (Fsp3) is 0.615. The third-order valence-electron chi connectivity index (χ3n) is 3.77. The number of carbonyl (C=O) groups is 2. The summed E-state index contributed by atoms with van der Waals surface area (Å²) in [5.74, 6) is 0.591. The van der Waals surface area contributed by atoms with Crippen molar-refractivity contribution >= 4 is 28.3 Å². The lowest BCUT2D eigenvalue weighted by molar-refractivity contribution is -0.140. The summed E-state index contributed by atoms with van der Waals surface area (Å²) < 4.78 is 0. The van der Waals surface area contributed by atoms with Crippen LogP contribution in [0.15, 0.2) is 5.38 Å². The first-order chi connectivity index (χ1) is 9.63. The summed E-state index contributed by atoms with van der Waals surface area (Å²) >= 11 is 1.35. The summed E-state index contributed by atoms with van der Waals surface area (Å²) in [7, 11) is 0. The number of carbonyl (C=O) groups excluding carboxylic acids is 2. The van der Waals surface area contributed by atoms with Gasteiger partial charge in [0.2, 0.25) is 11.8 Å². The number of hydrogen-bond donors (Lipinski definition) is 1. The number of nitrogens with zero attached hydrogens (tertiary/aromatic N) is 3. The van der Waals surface area contributed by atoms with Crippen molar-refractivity contribution in [1.82, 2.24) is 14.8 Å². The predicted molar refractivity (Wildman–Crippen MR) is 76.1 cm³/mol. The second-order valence-electron chi connectivity index (χ2n) is 5.33. The van der Waals surface area contributed by atoms with Crippen molar-refractivity contribution in [1.29, 1.82) is 0 Å². The van der Waals surface area contributed by atoms with Crippen LogP contribution < -0.4 is 5.73 Å². The Kier molecular flexibility index (Phi) is 3.60. The van der Waals surface area contributed by atoms with Gasteiger partial charge in [0.25, 0.3) is 0 Å². The van der Waals surface area contributed by atoms with E-state index in [1.807, 2.05) is 15.2 Å². The molecule has 108 valence electrons. The smallest absolute Gasteiger partial charge is 0.228 e. The maximum Gasteiger partial charge on any atom is 0.228 e. The van der Waals surface area contributed by atoms with Gasteiger partial charge in [-0.2, -0.15) is 0 Å². The largest absolute Gasteiger partial charge is 0.375 e. The Balaban J connectivity index is 1.49. The van der Waals surface area contributed by atoms with Gasteiger partial charge in [-0.05, 0) is 12.8 Å². The van der Waals surface area contributed by atoms with Gasteiger partial charge in [-0.1, -0.05) is 0 Å². The molecule has 2 heterocycles. The molecule has 1 aliphatic carbocycles. The maximum absolute atomic E-state index is 12.1. The zero-order chi connectivity index (χ0) is 14.1. The van der Waals surface area contributed by atoms with Gasteiger partial charge in [-0.25, -0.2) is 4.98 Å². The van der Waals surface area contributed by atoms with Crippen molar-refractivity contribution in [3.63, 3.8) is 0 Å². The quantitative estimate of drug-likeness (QED) is 0.872. The molecule has 2 fully saturated rings. The average molecular weight is 294 g/mol. The summed E-state index contributed by atoms with van der Waals surface area (Å²) in [6, 6.07) is 0. The highest BCUT2D eigenvalue weighted by atomic mass is 32.1. The third kappa shape index (κ3) is 2.92. The van der Waals surface area contributed by atoms with E-state index in [0.717, 1.165) is 18.5 Å². The van der Waals surface area contributed by atoms with Crippen molar-refractivity contribution in [2.45, 2.75) is 19.3 Å². The fourth-order valence-corrected chi connectivity index (χ4v) is 3.00. The Morgan fingerprint density at radius 2 is 1.90 bits per heavy atom. The Morgan fingerprint density at radius 3 is 2.45 bits per heavy atom. The van der Waals surface area contributed by atoms with Crippen LogP contribution in [0.5, 0.6) is 0 Å².